The molecule has 0 aliphatic heterocycles. The molecule has 7 nitrogen and oxygen atoms in total. The molecule has 0 radical (unpaired) electrons. The molecule has 0 aliphatic rings. The van der Waals surface area contributed by atoms with Crippen molar-refractivity contribution < 1.29 is 24.2 Å². The van der Waals surface area contributed by atoms with E-state index in [0.717, 1.165) is 5.56 Å². The minimum absolute atomic E-state index is 0.159. The standard InChI is InChI=1S/C19H28N2O5/c1-5-16(23)15(13-22)21(12-14-9-7-6-8-10-14)17(24)11-20-18(25)26-19(2,3)4/h6-10,15,22H,5,11-13H2,1-4H3,(H,20,25). The molecule has 0 saturated heterocycles. The topological polar surface area (TPSA) is 95.9 Å². The summed E-state index contributed by atoms with van der Waals surface area (Å²) in [6.45, 7) is 6.20. The summed E-state index contributed by atoms with van der Waals surface area (Å²) in [6.07, 6.45) is -0.517. The maximum atomic E-state index is 12.6. The number of nitrogens with zero attached hydrogens (tertiary/aromatic N) is 1. The maximum Gasteiger partial charge on any atom is 0.408 e. The van der Waals surface area contributed by atoms with Gasteiger partial charge >= 0.3 is 6.09 Å². The van der Waals surface area contributed by atoms with Crippen LogP contribution in [0.25, 0.3) is 0 Å². The van der Waals surface area contributed by atoms with E-state index in [4.69, 9.17) is 4.74 Å². The predicted octanol–water partition coefficient (Wildman–Crippen LogP) is 1.88. The van der Waals surface area contributed by atoms with Gasteiger partial charge in [0.2, 0.25) is 5.91 Å². The molecule has 0 bridgehead atoms. The Kier molecular flexibility index (Phi) is 8.25. The van der Waals surface area contributed by atoms with Crippen LogP contribution >= 0.6 is 0 Å². The molecule has 1 unspecified atom stereocenters. The molecule has 0 aromatic heterocycles. The summed E-state index contributed by atoms with van der Waals surface area (Å²) in [5.41, 5.74) is 0.142. The number of hydrogen-bond acceptors (Lipinski definition) is 5. The third-order valence-corrected chi connectivity index (χ3v) is 3.57. The first-order valence-electron chi connectivity index (χ1n) is 8.61. The van der Waals surface area contributed by atoms with E-state index in [1.165, 1.54) is 4.90 Å². The van der Waals surface area contributed by atoms with Crippen molar-refractivity contribution in [2.24, 2.45) is 0 Å². The second kappa shape index (κ2) is 9.91. The fraction of sp³-hybridized carbons (Fsp3) is 0.526. The van der Waals surface area contributed by atoms with Crippen molar-refractivity contribution in [1.29, 1.82) is 0 Å². The molecule has 0 spiro atoms. The zero-order valence-electron chi connectivity index (χ0n) is 15.8. The van der Waals surface area contributed by atoms with Gasteiger partial charge in [-0.05, 0) is 26.3 Å². The van der Waals surface area contributed by atoms with Gasteiger partial charge in [-0.3, -0.25) is 9.59 Å². The number of aliphatic hydroxyl groups is 1. The first-order chi connectivity index (χ1) is 12.2. The van der Waals surface area contributed by atoms with Crippen molar-refractivity contribution in [3.8, 4) is 0 Å². The van der Waals surface area contributed by atoms with Crippen LogP contribution < -0.4 is 5.32 Å². The van der Waals surface area contributed by atoms with Crippen LogP contribution in [0.4, 0.5) is 4.79 Å². The molecule has 0 heterocycles. The Morgan fingerprint density at radius 2 is 1.81 bits per heavy atom. The molecule has 0 saturated carbocycles. The van der Waals surface area contributed by atoms with Gasteiger partial charge in [-0.25, -0.2) is 4.79 Å². The highest BCUT2D eigenvalue weighted by Crippen LogP contribution is 2.11. The minimum Gasteiger partial charge on any atom is -0.444 e. The van der Waals surface area contributed by atoms with Crippen LogP contribution in [0.15, 0.2) is 30.3 Å². The van der Waals surface area contributed by atoms with Crippen LogP contribution in [0.3, 0.4) is 0 Å². The van der Waals surface area contributed by atoms with Crippen molar-refractivity contribution in [2.75, 3.05) is 13.2 Å². The highest BCUT2D eigenvalue weighted by Gasteiger charge is 2.28. The maximum absolute atomic E-state index is 12.6. The van der Waals surface area contributed by atoms with Crippen molar-refractivity contribution in [3.05, 3.63) is 35.9 Å². The summed E-state index contributed by atoms with van der Waals surface area (Å²) >= 11 is 0. The van der Waals surface area contributed by atoms with Gasteiger partial charge in [-0.2, -0.15) is 0 Å². The number of alkyl carbamates (subject to hydrolysis) is 1. The molecule has 0 fully saturated rings. The number of ether oxygens (including phenoxy) is 1. The predicted molar refractivity (Wildman–Crippen MR) is 97.4 cm³/mol. The summed E-state index contributed by atoms with van der Waals surface area (Å²) in [6, 6.07) is 8.20. The molecule has 1 aromatic rings. The number of benzene rings is 1. The number of amides is 2. The van der Waals surface area contributed by atoms with Crippen LogP contribution in [-0.4, -0.2) is 52.6 Å². The lowest BCUT2D eigenvalue weighted by Crippen LogP contribution is -2.50. The highest BCUT2D eigenvalue weighted by atomic mass is 16.6. The summed E-state index contributed by atoms with van der Waals surface area (Å²) in [7, 11) is 0. The van der Waals surface area contributed by atoms with E-state index in [1.807, 2.05) is 30.3 Å². The summed E-state index contributed by atoms with van der Waals surface area (Å²) in [5.74, 6) is -0.713. The van der Waals surface area contributed by atoms with E-state index in [2.05, 4.69) is 5.32 Å². The van der Waals surface area contributed by atoms with Crippen LogP contribution in [0, 0.1) is 0 Å². The van der Waals surface area contributed by atoms with E-state index >= 15 is 0 Å². The molecular weight excluding hydrogens is 336 g/mol. The molecule has 2 amide bonds. The number of rotatable bonds is 8. The number of Topliss-reactive ketones (excluding diaryl/α,β-unsaturated/α-hetero) is 1. The monoisotopic (exact) mass is 364 g/mol. The molecule has 1 atom stereocenters. The second-order valence-electron chi connectivity index (χ2n) is 6.88. The molecule has 2 N–H and O–H groups in total. The Morgan fingerprint density at radius 1 is 1.19 bits per heavy atom. The van der Waals surface area contributed by atoms with Crippen molar-refractivity contribution in [1.82, 2.24) is 10.2 Å². The molecule has 0 aliphatic carbocycles. The van der Waals surface area contributed by atoms with E-state index in [0.29, 0.717) is 0 Å². The SMILES string of the molecule is CCC(=O)C(CO)N(Cc1ccccc1)C(=O)CNC(=O)OC(C)(C)C. The fourth-order valence-electron chi connectivity index (χ4n) is 2.33. The van der Waals surface area contributed by atoms with E-state index < -0.39 is 30.3 Å². The normalized spacial score (nSPS) is 12.2. The minimum atomic E-state index is -0.951. The third-order valence-electron chi connectivity index (χ3n) is 3.57. The lowest BCUT2D eigenvalue weighted by Gasteiger charge is -2.30. The van der Waals surface area contributed by atoms with Crippen molar-refractivity contribution in [3.63, 3.8) is 0 Å². The molecule has 7 heteroatoms. The average molecular weight is 364 g/mol. The third kappa shape index (κ3) is 7.23. The molecule has 1 aromatic carbocycles. The van der Waals surface area contributed by atoms with Gasteiger partial charge in [0.05, 0.1) is 6.61 Å². The van der Waals surface area contributed by atoms with Gasteiger partial charge < -0.3 is 20.1 Å². The van der Waals surface area contributed by atoms with Crippen LogP contribution in [0.1, 0.15) is 39.7 Å². The van der Waals surface area contributed by atoms with Gasteiger partial charge in [0.15, 0.2) is 5.78 Å². The summed E-state index contributed by atoms with van der Waals surface area (Å²) in [5, 5.41) is 12.0. The Balaban J connectivity index is 2.87. The van der Waals surface area contributed by atoms with Gasteiger partial charge in [0.1, 0.15) is 18.2 Å². The first-order valence-corrected chi connectivity index (χ1v) is 8.61. The fourth-order valence-corrected chi connectivity index (χ4v) is 2.33. The Labute approximate surface area is 154 Å². The van der Waals surface area contributed by atoms with E-state index in [-0.39, 0.29) is 25.3 Å². The smallest absolute Gasteiger partial charge is 0.408 e. The van der Waals surface area contributed by atoms with Crippen molar-refractivity contribution in [2.45, 2.75) is 52.3 Å². The Bertz CT molecular complexity index is 610. The number of aliphatic hydroxyl groups excluding tert-OH is 1. The Morgan fingerprint density at radius 3 is 2.31 bits per heavy atom. The molecule has 144 valence electrons. The molecule has 26 heavy (non-hydrogen) atoms. The average Bonchev–Trinajstić information content (AvgIpc) is 2.58. The lowest BCUT2D eigenvalue weighted by atomic mass is 10.1. The quantitative estimate of drug-likeness (QED) is 0.734. The summed E-state index contributed by atoms with van der Waals surface area (Å²) < 4.78 is 5.10. The van der Waals surface area contributed by atoms with Gasteiger partial charge in [0, 0.05) is 13.0 Å². The zero-order chi connectivity index (χ0) is 19.7. The van der Waals surface area contributed by atoms with Gasteiger partial charge in [0.25, 0.3) is 0 Å². The molecule has 1 rings (SSSR count). The number of carbonyl (C=O) groups excluding carboxylic acids is 3. The number of nitrogens with one attached hydrogen (secondary N) is 1. The van der Waals surface area contributed by atoms with Gasteiger partial charge in [-0.15, -0.1) is 0 Å². The van der Waals surface area contributed by atoms with Crippen LogP contribution in [0.5, 0.6) is 0 Å². The Hall–Kier alpha value is -2.41. The van der Waals surface area contributed by atoms with E-state index in [9.17, 15) is 19.5 Å². The van der Waals surface area contributed by atoms with Crippen molar-refractivity contribution >= 4 is 17.8 Å². The number of ketones is 1. The number of hydrogen-bond donors (Lipinski definition) is 2. The van der Waals surface area contributed by atoms with E-state index in [1.54, 1.807) is 27.7 Å². The summed E-state index contributed by atoms with van der Waals surface area (Å²) in [4.78, 5) is 37.8. The number of carbonyl (C=O) groups is 3. The van der Waals surface area contributed by atoms with Crippen LogP contribution in [0.2, 0.25) is 0 Å². The van der Waals surface area contributed by atoms with Crippen LogP contribution in [-0.2, 0) is 20.9 Å². The largest absolute Gasteiger partial charge is 0.444 e. The zero-order valence-corrected chi connectivity index (χ0v) is 15.8. The second-order valence-corrected chi connectivity index (χ2v) is 6.88. The molecular formula is C19H28N2O5. The van der Waals surface area contributed by atoms with Gasteiger partial charge in [-0.1, -0.05) is 37.3 Å². The highest BCUT2D eigenvalue weighted by molar-refractivity contribution is 5.90. The lowest BCUT2D eigenvalue weighted by molar-refractivity contribution is -0.141. The first kappa shape index (κ1) is 21.6.